The maximum Gasteiger partial charge on any atom is 0.319 e. The monoisotopic (exact) mass is 378 g/mol. The van der Waals surface area contributed by atoms with Crippen molar-refractivity contribution in [2.24, 2.45) is 0 Å². The number of anilines is 1. The number of rotatable bonds is 6. The van der Waals surface area contributed by atoms with Gasteiger partial charge in [0.2, 0.25) is 0 Å². The molecular formula is C22H26N4O2. The van der Waals surface area contributed by atoms with Gasteiger partial charge in [-0.3, -0.25) is 0 Å². The van der Waals surface area contributed by atoms with Crippen molar-refractivity contribution in [3.63, 3.8) is 0 Å². The van der Waals surface area contributed by atoms with Crippen molar-refractivity contribution in [1.29, 1.82) is 0 Å². The highest BCUT2D eigenvalue weighted by atomic mass is 16.5. The van der Waals surface area contributed by atoms with Gasteiger partial charge in [-0.2, -0.15) is 0 Å². The van der Waals surface area contributed by atoms with Gasteiger partial charge in [0, 0.05) is 29.9 Å². The highest BCUT2D eigenvalue weighted by Crippen LogP contribution is 2.27. The van der Waals surface area contributed by atoms with Crippen molar-refractivity contribution < 1.29 is 9.53 Å². The van der Waals surface area contributed by atoms with E-state index >= 15 is 0 Å². The van der Waals surface area contributed by atoms with Gasteiger partial charge in [-0.25, -0.2) is 9.78 Å². The molecule has 0 aliphatic rings. The van der Waals surface area contributed by atoms with Crippen LogP contribution in [0.1, 0.15) is 25.1 Å². The zero-order valence-electron chi connectivity index (χ0n) is 16.7. The van der Waals surface area contributed by atoms with Crippen LogP contribution in [0, 0.1) is 6.92 Å². The van der Waals surface area contributed by atoms with Crippen LogP contribution in [0.2, 0.25) is 0 Å². The van der Waals surface area contributed by atoms with Crippen LogP contribution in [0.4, 0.5) is 10.5 Å². The number of imidazole rings is 1. The summed E-state index contributed by atoms with van der Waals surface area (Å²) < 4.78 is 7.37. The van der Waals surface area contributed by atoms with E-state index in [1.807, 2.05) is 48.0 Å². The lowest BCUT2D eigenvalue weighted by Crippen LogP contribution is -2.38. The average Bonchev–Trinajstić information content (AvgIpc) is 3.13. The number of methoxy groups -OCH3 is 1. The van der Waals surface area contributed by atoms with Crippen molar-refractivity contribution in [2.75, 3.05) is 19.0 Å². The van der Waals surface area contributed by atoms with Gasteiger partial charge < -0.3 is 19.9 Å². The van der Waals surface area contributed by atoms with Crippen molar-refractivity contribution in [3.8, 4) is 11.4 Å². The molecule has 0 saturated heterocycles. The van der Waals surface area contributed by atoms with Crippen LogP contribution in [0.5, 0.6) is 5.75 Å². The van der Waals surface area contributed by atoms with Crippen LogP contribution in [0.25, 0.3) is 5.69 Å². The maximum atomic E-state index is 12.4. The number of nitrogens with zero attached hydrogens (tertiary/aromatic N) is 2. The number of aryl methyl sites for hydroxylation is 1. The molecule has 0 aliphatic carbocycles. The first-order valence-corrected chi connectivity index (χ1v) is 9.18. The number of carbonyl (C=O) groups excluding carboxylic acids is 1. The van der Waals surface area contributed by atoms with Crippen LogP contribution < -0.4 is 15.4 Å². The number of hydrogen-bond donors (Lipinski definition) is 2. The van der Waals surface area contributed by atoms with Crippen molar-refractivity contribution in [2.45, 2.75) is 26.2 Å². The highest BCUT2D eigenvalue weighted by Gasteiger charge is 2.21. The normalized spacial score (nSPS) is 11.1. The lowest BCUT2D eigenvalue weighted by atomic mass is 9.85. The summed E-state index contributed by atoms with van der Waals surface area (Å²) in [5, 5.41) is 5.82. The summed E-state index contributed by atoms with van der Waals surface area (Å²) in [7, 11) is 1.61. The molecule has 3 rings (SSSR count). The van der Waals surface area contributed by atoms with E-state index in [1.165, 1.54) is 5.56 Å². The topological polar surface area (TPSA) is 68.2 Å². The molecule has 0 spiro atoms. The lowest BCUT2D eigenvalue weighted by Gasteiger charge is -2.25. The Bertz CT molecular complexity index is 948. The van der Waals surface area contributed by atoms with Crippen LogP contribution in [0.3, 0.4) is 0 Å². The Balaban J connectivity index is 1.65. The van der Waals surface area contributed by atoms with Gasteiger partial charge >= 0.3 is 6.03 Å². The number of urea groups is 1. The first-order valence-electron chi connectivity index (χ1n) is 9.18. The van der Waals surface area contributed by atoms with E-state index in [4.69, 9.17) is 4.74 Å². The predicted molar refractivity (Wildman–Crippen MR) is 111 cm³/mol. The smallest absolute Gasteiger partial charge is 0.319 e. The molecule has 2 N–H and O–H groups in total. The Kier molecular flexibility index (Phi) is 5.68. The summed E-state index contributed by atoms with van der Waals surface area (Å²) in [5.41, 5.74) is 3.45. The number of hydrogen-bond acceptors (Lipinski definition) is 3. The number of amides is 2. The van der Waals surface area contributed by atoms with Crippen molar-refractivity contribution in [3.05, 3.63) is 72.3 Å². The van der Waals surface area contributed by atoms with Gasteiger partial charge in [0.15, 0.2) is 0 Å². The summed E-state index contributed by atoms with van der Waals surface area (Å²) in [5.74, 6) is 0.653. The minimum atomic E-state index is -0.253. The maximum absolute atomic E-state index is 12.4. The molecule has 6 heteroatoms. The molecule has 1 heterocycles. The van der Waals surface area contributed by atoms with Gasteiger partial charge in [0.05, 0.1) is 24.8 Å². The van der Waals surface area contributed by atoms with Gasteiger partial charge in [-0.15, -0.1) is 0 Å². The average molecular weight is 378 g/mol. The molecule has 0 saturated carbocycles. The largest absolute Gasteiger partial charge is 0.494 e. The number of ether oxygens (including phenoxy) is 1. The quantitative estimate of drug-likeness (QED) is 0.672. The molecule has 0 bridgehead atoms. The second-order valence-electron chi connectivity index (χ2n) is 7.37. The summed E-state index contributed by atoms with van der Waals surface area (Å²) in [4.78, 5) is 16.6. The van der Waals surface area contributed by atoms with E-state index in [0.29, 0.717) is 18.0 Å². The van der Waals surface area contributed by atoms with Gasteiger partial charge in [-0.1, -0.05) is 44.2 Å². The third kappa shape index (κ3) is 4.52. The minimum absolute atomic E-state index is 0.167. The standard InChI is InChI=1S/C22H26N4O2/c1-16-13-26(15-24-16)19-11-10-18(12-20(19)28-4)25-21(27)23-14-22(2,3)17-8-6-5-7-9-17/h5-13,15H,14H2,1-4H3,(H2,23,25,27). The first-order chi connectivity index (χ1) is 13.4. The van der Waals surface area contributed by atoms with E-state index in [2.05, 4.69) is 41.6 Å². The summed E-state index contributed by atoms with van der Waals surface area (Å²) in [6.07, 6.45) is 3.65. The zero-order valence-corrected chi connectivity index (χ0v) is 16.7. The fourth-order valence-electron chi connectivity index (χ4n) is 2.99. The van der Waals surface area contributed by atoms with E-state index in [0.717, 1.165) is 11.4 Å². The van der Waals surface area contributed by atoms with E-state index in [-0.39, 0.29) is 11.4 Å². The second kappa shape index (κ2) is 8.17. The predicted octanol–water partition coefficient (Wildman–Crippen LogP) is 4.29. The Labute approximate surface area is 165 Å². The van der Waals surface area contributed by atoms with Crippen molar-refractivity contribution >= 4 is 11.7 Å². The molecule has 146 valence electrons. The number of benzene rings is 2. The fraction of sp³-hybridized carbons (Fsp3) is 0.273. The fourth-order valence-corrected chi connectivity index (χ4v) is 2.99. The van der Waals surface area contributed by atoms with Crippen molar-refractivity contribution in [1.82, 2.24) is 14.9 Å². The number of nitrogens with one attached hydrogen (secondary N) is 2. The molecule has 0 aliphatic heterocycles. The third-order valence-electron chi connectivity index (χ3n) is 4.67. The zero-order chi connectivity index (χ0) is 20.1. The number of aromatic nitrogens is 2. The van der Waals surface area contributed by atoms with Crippen LogP contribution in [0.15, 0.2) is 61.1 Å². The first kappa shape index (κ1) is 19.5. The molecular weight excluding hydrogens is 352 g/mol. The highest BCUT2D eigenvalue weighted by molar-refractivity contribution is 5.89. The SMILES string of the molecule is COc1cc(NC(=O)NCC(C)(C)c2ccccc2)ccc1-n1cnc(C)c1. The van der Waals surface area contributed by atoms with E-state index in [9.17, 15) is 4.79 Å². The molecule has 2 amide bonds. The van der Waals surface area contributed by atoms with Crippen LogP contribution in [-0.4, -0.2) is 29.2 Å². The Morgan fingerprint density at radius 2 is 1.93 bits per heavy atom. The summed E-state index contributed by atoms with van der Waals surface area (Å²) in [6, 6.07) is 15.4. The molecule has 28 heavy (non-hydrogen) atoms. The molecule has 1 aromatic heterocycles. The Hall–Kier alpha value is -3.28. The lowest BCUT2D eigenvalue weighted by molar-refractivity contribution is 0.249. The number of carbonyl (C=O) groups is 1. The molecule has 0 atom stereocenters. The minimum Gasteiger partial charge on any atom is -0.494 e. The molecule has 0 radical (unpaired) electrons. The second-order valence-corrected chi connectivity index (χ2v) is 7.37. The molecule has 3 aromatic rings. The Morgan fingerprint density at radius 1 is 1.18 bits per heavy atom. The molecule has 6 nitrogen and oxygen atoms in total. The summed E-state index contributed by atoms with van der Waals surface area (Å²) in [6.45, 7) is 6.66. The van der Waals surface area contributed by atoms with Crippen LogP contribution >= 0.6 is 0 Å². The van der Waals surface area contributed by atoms with E-state index < -0.39 is 0 Å². The summed E-state index contributed by atoms with van der Waals surface area (Å²) >= 11 is 0. The molecule has 0 unspecified atom stereocenters. The van der Waals surface area contributed by atoms with E-state index in [1.54, 1.807) is 19.5 Å². The third-order valence-corrected chi connectivity index (χ3v) is 4.67. The molecule has 2 aromatic carbocycles. The molecule has 0 fully saturated rings. The van der Waals surface area contributed by atoms with Gasteiger partial charge in [0.25, 0.3) is 0 Å². The van der Waals surface area contributed by atoms with Gasteiger partial charge in [0.1, 0.15) is 5.75 Å². The van der Waals surface area contributed by atoms with Crippen LogP contribution in [-0.2, 0) is 5.41 Å². The Morgan fingerprint density at radius 3 is 2.57 bits per heavy atom. The van der Waals surface area contributed by atoms with Gasteiger partial charge in [-0.05, 0) is 24.6 Å².